The number of rotatable bonds is 8. The Morgan fingerprint density at radius 3 is 2.40 bits per heavy atom. The Balaban J connectivity index is 2.46. The lowest BCUT2D eigenvalue weighted by atomic mass is 10.0. The molecule has 0 spiro atoms. The van der Waals surface area contributed by atoms with E-state index in [9.17, 15) is 4.79 Å². The summed E-state index contributed by atoms with van der Waals surface area (Å²) in [6.07, 6.45) is 4.15. The number of benzene rings is 1. The van der Waals surface area contributed by atoms with E-state index in [4.69, 9.17) is 15.6 Å². The standard InChI is InChI=1S/C16H25NO3/c1-12(2)6-4-5-11-16(3,17)20-14-9-7-13(8-10-14)15(18)19/h7-10,12H,4-6,11,17H2,1-3H3,(H,18,19). The van der Waals surface area contributed by atoms with Crippen molar-refractivity contribution in [2.24, 2.45) is 11.7 Å². The van der Waals surface area contributed by atoms with E-state index in [0.29, 0.717) is 11.7 Å². The highest BCUT2D eigenvalue weighted by Crippen LogP contribution is 2.21. The molecule has 0 radical (unpaired) electrons. The maximum atomic E-state index is 10.8. The van der Waals surface area contributed by atoms with Crippen LogP contribution in [0.1, 0.15) is 56.8 Å². The SMILES string of the molecule is CC(C)CCCCC(C)(N)Oc1ccc(C(=O)O)cc1. The first-order valence-electron chi connectivity index (χ1n) is 7.11. The molecule has 0 aliphatic heterocycles. The summed E-state index contributed by atoms with van der Waals surface area (Å²) < 4.78 is 5.73. The van der Waals surface area contributed by atoms with Crippen LogP contribution in [0.2, 0.25) is 0 Å². The molecule has 0 aliphatic carbocycles. The molecule has 4 heteroatoms. The molecule has 1 atom stereocenters. The molecule has 1 aromatic rings. The van der Waals surface area contributed by atoms with Crippen LogP contribution in [-0.4, -0.2) is 16.8 Å². The fraction of sp³-hybridized carbons (Fsp3) is 0.562. The Morgan fingerprint density at radius 1 is 1.30 bits per heavy atom. The van der Waals surface area contributed by atoms with Crippen molar-refractivity contribution >= 4 is 5.97 Å². The molecule has 1 rings (SSSR count). The van der Waals surface area contributed by atoms with Crippen molar-refractivity contribution in [3.05, 3.63) is 29.8 Å². The number of unbranched alkanes of at least 4 members (excludes halogenated alkanes) is 1. The zero-order valence-corrected chi connectivity index (χ0v) is 12.6. The molecule has 112 valence electrons. The summed E-state index contributed by atoms with van der Waals surface area (Å²) in [6.45, 7) is 6.28. The number of carbonyl (C=O) groups is 1. The van der Waals surface area contributed by atoms with Gasteiger partial charge in [0.25, 0.3) is 0 Å². The fourth-order valence-electron chi connectivity index (χ4n) is 2.01. The van der Waals surface area contributed by atoms with Crippen molar-refractivity contribution < 1.29 is 14.6 Å². The Hall–Kier alpha value is -1.55. The summed E-state index contributed by atoms with van der Waals surface area (Å²) in [6, 6.07) is 6.32. The number of hydrogen-bond donors (Lipinski definition) is 2. The van der Waals surface area contributed by atoms with E-state index in [1.54, 1.807) is 12.1 Å². The lowest BCUT2D eigenvalue weighted by Gasteiger charge is -2.26. The van der Waals surface area contributed by atoms with Gasteiger partial charge >= 0.3 is 5.97 Å². The number of carboxylic acid groups (broad SMARTS) is 1. The highest BCUT2D eigenvalue weighted by Gasteiger charge is 2.20. The monoisotopic (exact) mass is 279 g/mol. The smallest absolute Gasteiger partial charge is 0.335 e. The van der Waals surface area contributed by atoms with E-state index < -0.39 is 11.7 Å². The molecule has 0 aliphatic rings. The Kier molecular flexibility index (Phi) is 6.02. The van der Waals surface area contributed by atoms with Gasteiger partial charge in [0.1, 0.15) is 5.75 Å². The summed E-state index contributed by atoms with van der Waals surface area (Å²) in [5.74, 6) is 0.369. The third-order valence-corrected chi connectivity index (χ3v) is 3.16. The number of hydrogen-bond acceptors (Lipinski definition) is 3. The highest BCUT2D eigenvalue weighted by molar-refractivity contribution is 5.87. The van der Waals surface area contributed by atoms with Gasteiger partial charge in [-0.2, -0.15) is 0 Å². The predicted octanol–water partition coefficient (Wildman–Crippen LogP) is 3.65. The Bertz CT molecular complexity index is 424. The van der Waals surface area contributed by atoms with Crippen LogP contribution in [0, 0.1) is 5.92 Å². The molecular weight excluding hydrogens is 254 g/mol. The molecule has 0 amide bonds. The first-order valence-corrected chi connectivity index (χ1v) is 7.11. The summed E-state index contributed by atoms with van der Waals surface area (Å²) in [4.78, 5) is 10.8. The molecule has 0 aromatic heterocycles. The molecule has 0 saturated heterocycles. The maximum Gasteiger partial charge on any atom is 0.335 e. The van der Waals surface area contributed by atoms with Crippen LogP contribution in [0.4, 0.5) is 0 Å². The predicted molar refractivity (Wildman–Crippen MR) is 79.9 cm³/mol. The van der Waals surface area contributed by atoms with Gasteiger partial charge in [0, 0.05) is 6.42 Å². The lowest BCUT2D eigenvalue weighted by Crippen LogP contribution is -2.42. The normalized spacial score (nSPS) is 14.1. The number of aromatic carboxylic acids is 1. The van der Waals surface area contributed by atoms with Crippen molar-refractivity contribution in [3.63, 3.8) is 0 Å². The number of ether oxygens (including phenoxy) is 1. The van der Waals surface area contributed by atoms with Crippen molar-refractivity contribution in [3.8, 4) is 5.75 Å². The van der Waals surface area contributed by atoms with Crippen LogP contribution in [0.3, 0.4) is 0 Å². The molecule has 1 unspecified atom stereocenters. The molecule has 3 N–H and O–H groups in total. The minimum Gasteiger partial charge on any atom is -0.478 e. The van der Waals surface area contributed by atoms with E-state index in [2.05, 4.69) is 13.8 Å². The average Bonchev–Trinajstić information content (AvgIpc) is 2.34. The second-order valence-electron chi connectivity index (χ2n) is 5.88. The molecule has 1 aromatic carbocycles. The Morgan fingerprint density at radius 2 is 1.90 bits per heavy atom. The van der Waals surface area contributed by atoms with Crippen molar-refractivity contribution in [2.75, 3.05) is 0 Å². The molecule has 0 saturated carbocycles. The van der Waals surface area contributed by atoms with Gasteiger partial charge in [-0.3, -0.25) is 5.73 Å². The van der Waals surface area contributed by atoms with Gasteiger partial charge in [-0.05, 0) is 43.5 Å². The highest BCUT2D eigenvalue weighted by atomic mass is 16.5. The number of carboxylic acids is 1. The van der Waals surface area contributed by atoms with Crippen LogP contribution in [-0.2, 0) is 0 Å². The van der Waals surface area contributed by atoms with Gasteiger partial charge in [0.2, 0.25) is 0 Å². The summed E-state index contributed by atoms with van der Waals surface area (Å²) in [5, 5.41) is 8.83. The quantitative estimate of drug-likeness (QED) is 0.562. The second kappa shape index (κ2) is 7.29. The van der Waals surface area contributed by atoms with Crippen LogP contribution >= 0.6 is 0 Å². The van der Waals surface area contributed by atoms with Gasteiger partial charge in [-0.1, -0.05) is 26.7 Å². The van der Waals surface area contributed by atoms with Gasteiger partial charge in [0.15, 0.2) is 5.72 Å². The van der Waals surface area contributed by atoms with E-state index in [1.165, 1.54) is 18.6 Å². The van der Waals surface area contributed by atoms with E-state index in [-0.39, 0.29) is 5.56 Å². The van der Waals surface area contributed by atoms with Crippen molar-refractivity contribution in [1.29, 1.82) is 0 Å². The Labute approximate surface area is 120 Å². The van der Waals surface area contributed by atoms with Crippen molar-refractivity contribution in [1.82, 2.24) is 0 Å². The summed E-state index contributed by atoms with van der Waals surface area (Å²) >= 11 is 0. The zero-order chi connectivity index (χ0) is 15.2. The van der Waals surface area contributed by atoms with Crippen molar-refractivity contribution in [2.45, 2.75) is 52.2 Å². The number of nitrogens with two attached hydrogens (primary N) is 1. The van der Waals surface area contributed by atoms with Gasteiger partial charge < -0.3 is 9.84 Å². The maximum absolute atomic E-state index is 10.8. The molecule has 0 fully saturated rings. The zero-order valence-electron chi connectivity index (χ0n) is 12.6. The van der Waals surface area contributed by atoms with Crippen LogP contribution in [0.25, 0.3) is 0 Å². The van der Waals surface area contributed by atoms with E-state index in [1.807, 2.05) is 6.92 Å². The summed E-state index contributed by atoms with van der Waals surface area (Å²) in [5.41, 5.74) is 5.65. The summed E-state index contributed by atoms with van der Waals surface area (Å²) in [7, 11) is 0. The van der Waals surface area contributed by atoms with Gasteiger partial charge in [-0.25, -0.2) is 4.79 Å². The topological polar surface area (TPSA) is 72.5 Å². The van der Waals surface area contributed by atoms with Crippen LogP contribution in [0.5, 0.6) is 5.75 Å². The molecule has 0 bridgehead atoms. The van der Waals surface area contributed by atoms with Gasteiger partial charge in [-0.15, -0.1) is 0 Å². The molecular formula is C16H25NO3. The lowest BCUT2D eigenvalue weighted by molar-refractivity contribution is 0.0696. The average molecular weight is 279 g/mol. The minimum absolute atomic E-state index is 0.244. The molecule has 4 nitrogen and oxygen atoms in total. The first-order chi connectivity index (χ1) is 9.30. The first kappa shape index (κ1) is 16.5. The second-order valence-corrected chi connectivity index (χ2v) is 5.88. The third-order valence-electron chi connectivity index (χ3n) is 3.16. The van der Waals surface area contributed by atoms with Crippen LogP contribution in [0.15, 0.2) is 24.3 Å². The molecule has 20 heavy (non-hydrogen) atoms. The third kappa shape index (κ3) is 6.06. The minimum atomic E-state index is -0.944. The fourth-order valence-corrected chi connectivity index (χ4v) is 2.01. The molecule has 0 heterocycles. The van der Waals surface area contributed by atoms with E-state index >= 15 is 0 Å². The van der Waals surface area contributed by atoms with Crippen LogP contribution < -0.4 is 10.5 Å². The van der Waals surface area contributed by atoms with E-state index in [0.717, 1.165) is 19.3 Å². The van der Waals surface area contributed by atoms with Gasteiger partial charge in [0.05, 0.1) is 5.56 Å². The largest absolute Gasteiger partial charge is 0.478 e.